The zero-order valence-corrected chi connectivity index (χ0v) is 15.8. The molecule has 5 nitrogen and oxygen atoms in total. The van der Waals surface area contributed by atoms with Crippen molar-refractivity contribution in [1.82, 2.24) is 4.90 Å². The Morgan fingerprint density at radius 1 is 1.28 bits per heavy atom. The molecule has 1 rings (SSSR count). The predicted octanol–water partition coefficient (Wildman–Crippen LogP) is 3.41. The zero-order valence-electron chi connectivity index (χ0n) is 15.8. The predicted molar refractivity (Wildman–Crippen MR) is 99.5 cm³/mol. The summed E-state index contributed by atoms with van der Waals surface area (Å²) < 4.78 is 0. The van der Waals surface area contributed by atoms with Gasteiger partial charge in [0.1, 0.15) is 0 Å². The highest BCUT2D eigenvalue weighted by Crippen LogP contribution is 2.19. The summed E-state index contributed by atoms with van der Waals surface area (Å²) in [5.41, 5.74) is 0. The highest BCUT2D eigenvalue weighted by molar-refractivity contribution is 5.86. The van der Waals surface area contributed by atoms with E-state index >= 15 is 0 Å². The van der Waals surface area contributed by atoms with Crippen LogP contribution >= 0.6 is 0 Å². The van der Waals surface area contributed by atoms with Gasteiger partial charge >= 0.3 is 5.97 Å². The van der Waals surface area contributed by atoms with E-state index in [-0.39, 0.29) is 23.8 Å². The average Bonchev–Trinajstić information content (AvgIpc) is 2.92. The number of aliphatic hydroxyl groups excluding tert-OH is 1. The molecular weight excluding hydrogens is 318 g/mol. The Labute approximate surface area is 152 Å². The Hall–Kier alpha value is -1.20. The molecular formula is C20H35NO4. The van der Waals surface area contributed by atoms with Crippen LogP contribution in [0.25, 0.3) is 0 Å². The van der Waals surface area contributed by atoms with Crippen LogP contribution in [0.2, 0.25) is 0 Å². The molecule has 0 aromatic heterocycles. The number of carbonyl (C=O) groups is 2. The third kappa shape index (κ3) is 8.63. The number of carbonyl (C=O) groups excluding carboxylic acids is 1. The average molecular weight is 354 g/mol. The van der Waals surface area contributed by atoms with Gasteiger partial charge in [-0.2, -0.15) is 0 Å². The number of ketones is 1. The van der Waals surface area contributed by atoms with Crippen molar-refractivity contribution in [3.63, 3.8) is 0 Å². The fourth-order valence-corrected chi connectivity index (χ4v) is 3.23. The van der Waals surface area contributed by atoms with Crippen molar-refractivity contribution >= 4 is 11.8 Å². The van der Waals surface area contributed by atoms with Gasteiger partial charge in [0, 0.05) is 19.5 Å². The monoisotopic (exact) mass is 353 g/mol. The van der Waals surface area contributed by atoms with E-state index in [1.807, 2.05) is 12.2 Å². The van der Waals surface area contributed by atoms with Gasteiger partial charge in [0.15, 0.2) is 5.78 Å². The van der Waals surface area contributed by atoms with Gasteiger partial charge in [-0.1, -0.05) is 45.3 Å². The summed E-state index contributed by atoms with van der Waals surface area (Å²) in [6.07, 6.45) is 11.3. The van der Waals surface area contributed by atoms with E-state index in [0.717, 1.165) is 51.6 Å². The lowest BCUT2D eigenvalue weighted by atomic mass is 10.0. The number of carboxylic acid groups (broad SMARTS) is 1. The van der Waals surface area contributed by atoms with E-state index in [0.29, 0.717) is 19.3 Å². The minimum absolute atomic E-state index is 0.0732. The van der Waals surface area contributed by atoms with E-state index < -0.39 is 5.97 Å². The van der Waals surface area contributed by atoms with E-state index in [1.165, 1.54) is 0 Å². The molecule has 0 saturated carbocycles. The molecule has 1 aliphatic rings. The molecule has 144 valence electrons. The number of nitrogens with zero attached hydrogens (tertiary/aromatic N) is 1. The Morgan fingerprint density at radius 3 is 2.72 bits per heavy atom. The molecule has 5 heteroatoms. The van der Waals surface area contributed by atoms with Gasteiger partial charge in [0.05, 0.1) is 18.1 Å². The molecule has 1 fully saturated rings. The summed E-state index contributed by atoms with van der Waals surface area (Å²) in [4.78, 5) is 25.0. The van der Waals surface area contributed by atoms with Crippen LogP contribution in [0.5, 0.6) is 0 Å². The topological polar surface area (TPSA) is 77.8 Å². The first-order chi connectivity index (χ1) is 12.0. The highest BCUT2D eigenvalue weighted by atomic mass is 16.4. The molecule has 3 unspecified atom stereocenters. The Morgan fingerprint density at radius 2 is 2.04 bits per heavy atom. The molecule has 1 saturated heterocycles. The number of likely N-dealkylation sites (tertiary alicyclic amines) is 1. The van der Waals surface area contributed by atoms with Gasteiger partial charge in [0.25, 0.3) is 0 Å². The maximum Gasteiger partial charge on any atom is 0.306 e. The maximum atomic E-state index is 12.1. The first-order valence-electron chi connectivity index (χ1n) is 9.78. The smallest absolute Gasteiger partial charge is 0.306 e. The van der Waals surface area contributed by atoms with Crippen molar-refractivity contribution in [3.05, 3.63) is 12.2 Å². The standard InChI is InChI=1S/C20H35NO4/c1-3-4-6-10-17(22)12-14-21-15-13-19(23)18(21)11-8-5-7-9-16(2)20(24)25/h5,8,16-18,22H,3-4,6-7,9-15H2,1-2H3,(H,24,25). The van der Waals surface area contributed by atoms with E-state index in [1.54, 1.807) is 6.92 Å². The molecule has 1 aliphatic heterocycles. The minimum atomic E-state index is -0.761. The summed E-state index contributed by atoms with van der Waals surface area (Å²) in [7, 11) is 0. The number of unbranched alkanes of at least 4 members (excludes halogenated alkanes) is 2. The summed E-state index contributed by atoms with van der Waals surface area (Å²) in [6, 6.07) is -0.0732. The third-order valence-corrected chi connectivity index (χ3v) is 5.06. The SMILES string of the molecule is CCCCCC(O)CCN1CCC(=O)C1CC=CCCC(C)C(=O)O. The van der Waals surface area contributed by atoms with Gasteiger partial charge in [-0.25, -0.2) is 0 Å². The quantitative estimate of drug-likeness (QED) is 0.392. The Kier molecular flexibility index (Phi) is 10.7. The molecule has 1 heterocycles. The molecule has 0 aromatic carbocycles. The molecule has 0 radical (unpaired) electrons. The summed E-state index contributed by atoms with van der Waals surface area (Å²) in [5, 5.41) is 18.9. The van der Waals surface area contributed by atoms with Crippen molar-refractivity contribution in [2.45, 2.75) is 83.8 Å². The summed E-state index contributed by atoms with van der Waals surface area (Å²) in [6.45, 7) is 5.43. The van der Waals surface area contributed by atoms with Crippen molar-refractivity contribution in [1.29, 1.82) is 0 Å². The van der Waals surface area contributed by atoms with Crippen molar-refractivity contribution in [2.24, 2.45) is 5.92 Å². The van der Waals surface area contributed by atoms with E-state index in [2.05, 4.69) is 11.8 Å². The molecule has 2 N–H and O–H groups in total. The number of aliphatic carboxylic acids is 1. The normalized spacial score (nSPS) is 21.1. The minimum Gasteiger partial charge on any atom is -0.481 e. The largest absolute Gasteiger partial charge is 0.481 e. The first-order valence-corrected chi connectivity index (χ1v) is 9.78. The van der Waals surface area contributed by atoms with Gasteiger partial charge < -0.3 is 10.2 Å². The van der Waals surface area contributed by atoms with Gasteiger partial charge in [-0.05, 0) is 32.1 Å². The molecule has 0 spiro atoms. The van der Waals surface area contributed by atoms with Crippen LogP contribution in [0, 0.1) is 5.92 Å². The van der Waals surface area contributed by atoms with Gasteiger partial charge in [0.2, 0.25) is 0 Å². The number of hydrogen-bond acceptors (Lipinski definition) is 4. The van der Waals surface area contributed by atoms with Crippen molar-refractivity contribution < 1.29 is 19.8 Å². The summed E-state index contributed by atoms with van der Waals surface area (Å²) in [5.74, 6) is -0.810. The van der Waals surface area contributed by atoms with Crippen molar-refractivity contribution in [3.8, 4) is 0 Å². The lowest BCUT2D eigenvalue weighted by molar-refractivity contribution is -0.141. The molecule has 0 aliphatic carbocycles. The van der Waals surface area contributed by atoms with Crippen LogP contribution < -0.4 is 0 Å². The van der Waals surface area contributed by atoms with Crippen molar-refractivity contribution in [2.75, 3.05) is 13.1 Å². The van der Waals surface area contributed by atoms with Gasteiger partial charge in [-0.3, -0.25) is 14.5 Å². The maximum absolute atomic E-state index is 12.1. The second-order valence-electron chi connectivity index (χ2n) is 7.23. The molecule has 0 aromatic rings. The Balaban J connectivity index is 2.31. The second-order valence-corrected chi connectivity index (χ2v) is 7.23. The first kappa shape index (κ1) is 21.8. The molecule has 25 heavy (non-hydrogen) atoms. The fraction of sp³-hybridized carbons (Fsp3) is 0.800. The van der Waals surface area contributed by atoms with Crippen LogP contribution in [0.15, 0.2) is 12.2 Å². The van der Waals surface area contributed by atoms with Gasteiger partial charge in [-0.15, -0.1) is 0 Å². The summed E-state index contributed by atoms with van der Waals surface area (Å²) >= 11 is 0. The third-order valence-electron chi connectivity index (χ3n) is 5.06. The highest BCUT2D eigenvalue weighted by Gasteiger charge is 2.31. The van der Waals surface area contributed by atoms with E-state index in [4.69, 9.17) is 5.11 Å². The van der Waals surface area contributed by atoms with Crippen LogP contribution in [0.4, 0.5) is 0 Å². The lowest BCUT2D eigenvalue weighted by Gasteiger charge is -2.23. The number of rotatable bonds is 13. The number of hydrogen-bond donors (Lipinski definition) is 2. The molecule has 3 atom stereocenters. The number of aliphatic hydroxyl groups is 1. The zero-order chi connectivity index (χ0) is 18.7. The number of allylic oxidation sites excluding steroid dienone is 1. The van der Waals surface area contributed by atoms with Crippen LogP contribution in [0.1, 0.15) is 71.6 Å². The van der Waals surface area contributed by atoms with E-state index in [9.17, 15) is 14.7 Å². The Bertz CT molecular complexity index is 435. The fourth-order valence-electron chi connectivity index (χ4n) is 3.23. The van der Waals surface area contributed by atoms with Crippen LogP contribution in [-0.2, 0) is 9.59 Å². The number of Topliss-reactive ketones (excluding diaryl/α,β-unsaturated/α-hetero) is 1. The van der Waals surface area contributed by atoms with Crippen LogP contribution in [-0.4, -0.2) is 52.1 Å². The second kappa shape index (κ2) is 12.2. The van der Waals surface area contributed by atoms with Crippen LogP contribution in [0.3, 0.4) is 0 Å². The lowest BCUT2D eigenvalue weighted by Crippen LogP contribution is -2.34. The molecule has 0 bridgehead atoms. The number of carboxylic acids is 1. The molecule has 0 amide bonds.